The lowest BCUT2D eigenvalue weighted by atomic mass is 10.1. The Morgan fingerprint density at radius 1 is 1.00 bits per heavy atom. The molecule has 1 aromatic carbocycles. The number of carbonyl (C=O) groups excluding carboxylic acids is 2. The number of anilines is 1. The zero-order chi connectivity index (χ0) is 16.8. The Balaban J connectivity index is 1.86. The van der Waals surface area contributed by atoms with Crippen molar-refractivity contribution in [3.63, 3.8) is 0 Å². The van der Waals surface area contributed by atoms with E-state index in [0.29, 0.717) is 5.69 Å². The molecule has 0 spiro atoms. The van der Waals surface area contributed by atoms with Crippen LogP contribution < -0.4 is 16.6 Å². The SMILES string of the molecule is Nc1c2c(cc(=O)n1-c1ccc(-c3ccn[nH]3)cc1)C(=O)NC2=O. The number of aromatic nitrogens is 3. The molecule has 4 rings (SSSR count). The smallest absolute Gasteiger partial charge is 0.262 e. The van der Waals surface area contributed by atoms with E-state index in [1.54, 1.807) is 30.5 Å². The summed E-state index contributed by atoms with van der Waals surface area (Å²) in [7, 11) is 0. The molecule has 8 nitrogen and oxygen atoms in total. The van der Waals surface area contributed by atoms with Crippen LogP contribution in [0.15, 0.2) is 47.4 Å². The van der Waals surface area contributed by atoms with Gasteiger partial charge in [0.1, 0.15) is 5.82 Å². The summed E-state index contributed by atoms with van der Waals surface area (Å²) in [5, 5.41) is 8.87. The third-order valence-electron chi connectivity index (χ3n) is 3.89. The molecule has 0 saturated heterocycles. The van der Waals surface area contributed by atoms with Gasteiger partial charge in [-0.05, 0) is 23.8 Å². The van der Waals surface area contributed by atoms with Gasteiger partial charge in [0.15, 0.2) is 0 Å². The van der Waals surface area contributed by atoms with Crippen LogP contribution in [0.2, 0.25) is 0 Å². The second-order valence-electron chi connectivity index (χ2n) is 5.29. The maximum atomic E-state index is 12.3. The van der Waals surface area contributed by atoms with E-state index in [0.717, 1.165) is 17.3 Å². The van der Waals surface area contributed by atoms with Crippen LogP contribution >= 0.6 is 0 Å². The number of benzene rings is 1. The average Bonchev–Trinajstić information content (AvgIpc) is 3.17. The number of H-pyrrole nitrogens is 1. The normalized spacial score (nSPS) is 13.0. The second kappa shape index (κ2) is 4.92. The molecular formula is C16H11N5O3. The van der Waals surface area contributed by atoms with Crippen LogP contribution in [0.5, 0.6) is 0 Å². The lowest BCUT2D eigenvalue weighted by Gasteiger charge is -2.12. The molecule has 0 radical (unpaired) electrons. The number of aromatic amines is 1. The molecule has 3 aromatic rings. The lowest BCUT2D eigenvalue weighted by Crippen LogP contribution is -2.24. The monoisotopic (exact) mass is 321 g/mol. The van der Waals surface area contributed by atoms with Gasteiger partial charge in [0.2, 0.25) is 0 Å². The average molecular weight is 321 g/mol. The van der Waals surface area contributed by atoms with Gasteiger partial charge in [-0.3, -0.25) is 29.4 Å². The number of amides is 2. The standard InChI is InChI=1S/C16H11N5O3/c17-14-13-10(15(23)19-16(13)24)7-12(22)21(14)9-3-1-8(2-4-9)11-5-6-18-20-11/h1-7H,17H2,(H,18,20)(H,19,23,24). The number of hydrogen-bond acceptors (Lipinski definition) is 5. The molecule has 0 fully saturated rings. The molecule has 0 atom stereocenters. The molecular weight excluding hydrogens is 310 g/mol. The number of carbonyl (C=O) groups is 2. The van der Waals surface area contributed by atoms with Gasteiger partial charge in [-0.2, -0.15) is 5.10 Å². The molecule has 4 N–H and O–H groups in total. The van der Waals surface area contributed by atoms with Crippen molar-refractivity contribution in [3.8, 4) is 16.9 Å². The number of hydrogen-bond donors (Lipinski definition) is 3. The number of nitrogens with two attached hydrogens (primary N) is 1. The Hall–Kier alpha value is -3.68. The van der Waals surface area contributed by atoms with Gasteiger partial charge >= 0.3 is 0 Å². The molecule has 118 valence electrons. The minimum Gasteiger partial charge on any atom is -0.384 e. The highest BCUT2D eigenvalue weighted by atomic mass is 16.2. The van der Waals surface area contributed by atoms with Gasteiger partial charge in [0.05, 0.1) is 22.5 Å². The topological polar surface area (TPSA) is 123 Å². The van der Waals surface area contributed by atoms with Crippen LogP contribution in [0, 0.1) is 0 Å². The maximum Gasteiger partial charge on any atom is 0.262 e. The van der Waals surface area contributed by atoms with E-state index in [4.69, 9.17) is 5.73 Å². The van der Waals surface area contributed by atoms with Crippen LogP contribution in [0.4, 0.5) is 5.82 Å². The first kappa shape index (κ1) is 13.9. The minimum absolute atomic E-state index is 0.00725. The number of rotatable bonds is 2. The third-order valence-corrected chi connectivity index (χ3v) is 3.89. The predicted octanol–water partition coefficient (Wildman–Crippen LogP) is 0.693. The fourth-order valence-electron chi connectivity index (χ4n) is 2.75. The third kappa shape index (κ3) is 1.93. The van der Waals surface area contributed by atoms with Gasteiger partial charge in [0.25, 0.3) is 17.4 Å². The molecule has 0 saturated carbocycles. The molecule has 2 aromatic heterocycles. The van der Waals surface area contributed by atoms with Gasteiger partial charge in [-0.15, -0.1) is 0 Å². The molecule has 24 heavy (non-hydrogen) atoms. The fraction of sp³-hybridized carbons (Fsp3) is 0. The summed E-state index contributed by atoms with van der Waals surface area (Å²) in [5.41, 5.74) is 7.75. The number of nitrogens with zero attached hydrogens (tertiary/aromatic N) is 2. The van der Waals surface area contributed by atoms with Gasteiger partial charge in [-0.1, -0.05) is 12.1 Å². The molecule has 0 unspecified atom stereocenters. The predicted molar refractivity (Wildman–Crippen MR) is 85.8 cm³/mol. The molecule has 0 aliphatic carbocycles. The van der Waals surface area contributed by atoms with Crippen molar-refractivity contribution in [2.45, 2.75) is 0 Å². The Bertz CT molecular complexity index is 1030. The van der Waals surface area contributed by atoms with E-state index in [1.807, 2.05) is 6.07 Å². The molecule has 1 aliphatic rings. The zero-order valence-corrected chi connectivity index (χ0v) is 12.2. The molecule has 8 heteroatoms. The highest BCUT2D eigenvalue weighted by Crippen LogP contribution is 2.24. The summed E-state index contributed by atoms with van der Waals surface area (Å²) >= 11 is 0. The molecule has 2 amide bonds. The van der Waals surface area contributed by atoms with E-state index in [9.17, 15) is 14.4 Å². The highest BCUT2D eigenvalue weighted by Gasteiger charge is 2.31. The van der Waals surface area contributed by atoms with Gasteiger partial charge < -0.3 is 5.73 Å². The van der Waals surface area contributed by atoms with Crippen LogP contribution in [-0.2, 0) is 0 Å². The summed E-state index contributed by atoms with van der Waals surface area (Å²) in [6.45, 7) is 0. The maximum absolute atomic E-state index is 12.3. The van der Waals surface area contributed by atoms with Crippen LogP contribution in [-0.4, -0.2) is 26.6 Å². The highest BCUT2D eigenvalue weighted by molar-refractivity contribution is 6.23. The Labute approximate surface area is 134 Å². The summed E-state index contributed by atoms with van der Waals surface area (Å²) in [5.74, 6) is -1.27. The van der Waals surface area contributed by atoms with E-state index >= 15 is 0 Å². The van der Waals surface area contributed by atoms with E-state index in [-0.39, 0.29) is 16.9 Å². The largest absolute Gasteiger partial charge is 0.384 e. The number of fused-ring (bicyclic) bond motifs is 1. The number of imide groups is 1. The summed E-state index contributed by atoms with van der Waals surface area (Å²) in [6, 6.07) is 9.94. The Morgan fingerprint density at radius 3 is 2.42 bits per heavy atom. The first-order chi connectivity index (χ1) is 11.6. The Morgan fingerprint density at radius 2 is 1.75 bits per heavy atom. The summed E-state index contributed by atoms with van der Waals surface area (Å²) < 4.78 is 1.20. The van der Waals surface area contributed by atoms with Gasteiger partial charge in [-0.25, -0.2) is 0 Å². The second-order valence-corrected chi connectivity index (χ2v) is 5.29. The van der Waals surface area contributed by atoms with Crippen molar-refractivity contribution in [2.24, 2.45) is 0 Å². The zero-order valence-electron chi connectivity index (χ0n) is 12.2. The van der Waals surface area contributed by atoms with E-state index in [1.165, 1.54) is 4.57 Å². The molecule has 1 aliphatic heterocycles. The number of nitrogens with one attached hydrogen (secondary N) is 2. The Kier molecular flexibility index (Phi) is 2.86. The lowest BCUT2D eigenvalue weighted by molar-refractivity contribution is 0.0880. The van der Waals surface area contributed by atoms with Crippen molar-refractivity contribution >= 4 is 17.6 Å². The molecule has 0 bridgehead atoms. The van der Waals surface area contributed by atoms with E-state index in [2.05, 4.69) is 15.5 Å². The fourth-order valence-corrected chi connectivity index (χ4v) is 2.75. The first-order valence-corrected chi connectivity index (χ1v) is 7.07. The molecule has 3 heterocycles. The van der Waals surface area contributed by atoms with Crippen LogP contribution in [0.25, 0.3) is 16.9 Å². The van der Waals surface area contributed by atoms with Crippen molar-refractivity contribution in [2.75, 3.05) is 5.73 Å². The van der Waals surface area contributed by atoms with Crippen molar-refractivity contribution in [1.29, 1.82) is 0 Å². The number of pyridine rings is 1. The summed E-state index contributed by atoms with van der Waals surface area (Å²) in [6.07, 6.45) is 1.64. The van der Waals surface area contributed by atoms with Gasteiger partial charge in [0, 0.05) is 12.3 Å². The van der Waals surface area contributed by atoms with Crippen molar-refractivity contribution in [1.82, 2.24) is 20.1 Å². The minimum atomic E-state index is -0.611. The number of nitrogen functional groups attached to an aromatic ring is 1. The summed E-state index contributed by atoms with van der Waals surface area (Å²) in [4.78, 5) is 35.9. The van der Waals surface area contributed by atoms with Crippen LogP contribution in [0.1, 0.15) is 20.7 Å². The van der Waals surface area contributed by atoms with E-state index < -0.39 is 17.4 Å². The van der Waals surface area contributed by atoms with Crippen LogP contribution in [0.3, 0.4) is 0 Å². The van der Waals surface area contributed by atoms with Crippen molar-refractivity contribution < 1.29 is 9.59 Å². The van der Waals surface area contributed by atoms with Crippen molar-refractivity contribution in [3.05, 3.63) is 64.1 Å². The quantitative estimate of drug-likeness (QED) is 0.599. The first-order valence-electron chi connectivity index (χ1n) is 7.07.